The molecule has 1 N–H and O–H groups in total. The van der Waals surface area contributed by atoms with Crippen LogP contribution in [0, 0.1) is 11.8 Å². The highest BCUT2D eigenvalue weighted by Gasteiger charge is 2.16. The molecule has 0 saturated carbocycles. The van der Waals surface area contributed by atoms with Gasteiger partial charge in [0.25, 0.3) is 5.56 Å². The first kappa shape index (κ1) is 16.0. The average Bonchev–Trinajstić information content (AvgIpc) is 2.44. The van der Waals surface area contributed by atoms with Crippen LogP contribution in [0.15, 0.2) is 17.2 Å². The maximum absolute atomic E-state index is 12.3. The molecule has 0 aromatic carbocycles. The minimum absolute atomic E-state index is 0.00502. The zero-order valence-electron chi connectivity index (χ0n) is 13.5. The van der Waals surface area contributed by atoms with Crippen LogP contribution in [-0.2, 0) is 6.54 Å². The fraction of sp³-hybridized carbons (Fsp3) is 0.750. The lowest BCUT2D eigenvalue weighted by Crippen LogP contribution is -2.31. The molecular weight excluding hydrogens is 264 g/mol. The fourth-order valence-electron chi connectivity index (χ4n) is 2.85. The molecule has 118 valence electrons. The molecule has 21 heavy (non-hydrogen) atoms. The Bertz CT molecular complexity index is 489. The molecule has 1 aromatic heterocycles. The number of likely N-dealkylation sites (tertiary alicyclic amines) is 1. The Hall–Kier alpha value is -1.36. The molecule has 0 spiro atoms. The minimum atomic E-state index is -0.00502. The molecule has 0 amide bonds. The normalized spacial score (nSPS) is 17.3. The van der Waals surface area contributed by atoms with E-state index in [0.29, 0.717) is 11.7 Å². The number of nitrogens with one attached hydrogen (secondary N) is 1. The molecule has 5 heteroatoms. The van der Waals surface area contributed by atoms with Crippen LogP contribution in [-0.4, -0.2) is 41.1 Å². The van der Waals surface area contributed by atoms with Crippen LogP contribution < -0.4 is 10.9 Å². The number of hydrogen-bond donors (Lipinski definition) is 1. The van der Waals surface area contributed by atoms with Gasteiger partial charge in [0, 0.05) is 25.5 Å². The van der Waals surface area contributed by atoms with Crippen LogP contribution >= 0.6 is 0 Å². The number of aromatic nitrogens is 2. The third kappa shape index (κ3) is 4.84. The van der Waals surface area contributed by atoms with Gasteiger partial charge in [-0.25, -0.2) is 4.98 Å². The number of hydrogen-bond acceptors (Lipinski definition) is 4. The molecule has 1 aliphatic heterocycles. The number of rotatable bonds is 6. The van der Waals surface area contributed by atoms with Crippen molar-refractivity contribution in [2.45, 2.75) is 39.7 Å². The molecule has 1 fully saturated rings. The number of anilines is 1. The predicted octanol–water partition coefficient (Wildman–Crippen LogP) is 2.04. The molecule has 0 aliphatic carbocycles. The molecule has 0 atom stereocenters. The van der Waals surface area contributed by atoms with Crippen LogP contribution in [0.4, 0.5) is 5.82 Å². The van der Waals surface area contributed by atoms with E-state index in [0.717, 1.165) is 25.4 Å². The zero-order valence-corrected chi connectivity index (χ0v) is 13.5. The third-order valence-corrected chi connectivity index (χ3v) is 4.16. The van der Waals surface area contributed by atoms with E-state index in [4.69, 9.17) is 0 Å². The molecule has 2 heterocycles. The fourth-order valence-corrected chi connectivity index (χ4v) is 2.85. The SMILES string of the molecule is CC(C)Cn1ccnc(NCCC2CCN(C)CC2)c1=O. The second-order valence-electron chi connectivity index (χ2n) is 6.59. The van der Waals surface area contributed by atoms with Gasteiger partial charge in [-0.1, -0.05) is 13.8 Å². The average molecular weight is 292 g/mol. The minimum Gasteiger partial charge on any atom is -0.365 e. The van der Waals surface area contributed by atoms with Gasteiger partial charge in [0.05, 0.1) is 0 Å². The van der Waals surface area contributed by atoms with Gasteiger partial charge in [-0.3, -0.25) is 4.79 Å². The summed E-state index contributed by atoms with van der Waals surface area (Å²) in [5, 5.41) is 3.23. The highest BCUT2D eigenvalue weighted by molar-refractivity contribution is 5.30. The van der Waals surface area contributed by atoms with E-state index in [-0.39, 0.29) is 5.56 Å². The highest BCUT2D eigenvalue weighted by Crippen LogP contribution is 2.19. The van der Waals surface area contributed by atoms with Crippen molar-refractivity contribution in [1.29, 1.82) is 0 Å². The second kappa shape index (κ2) is 7.59. The van der Waals surface area contributed by atoms with Gasteiger partial charge in [-0.2, -0.15) is 0 Å². The molecule has 1 saturated heterocycles. The Morgan fingerprint density at radius 2 is 2.10 bits per heavy atom. The van der Waals surface area contributed by atoms with E-state index in [9.17, 15) is 4.79 Å². The molecule has 2 rings (SSSR count). The Kier molecular flexibility index (Phi) is 5.79. The zero-order chi connectivity index (χ0) is 15.2. The molecule has 0 unspecified atom stereocenters. The molecule has 0 radical (unpaired) electrons. The van der Waals surface area contributed by atoms with Gasteiger partial charge < -0.3 is 14.8 Å². The van der Waals surface area contributed by atoms with Crippen molar-refractivity contribution >= 4 is 5.82 Å². The Balaban J connectivity index is 1.84. The Labute approximate surface area is 127 Å². The predicted molar refractivity (Wildman–Crippen MR) is 86.7 cm³/mol. The van der Waals surface area contributed by atoms with Gasteiger partial charge in [0.1, 0.15) is 0 Å². The third-order valence-electron chi connectivity index (χ3n) is 4.16. The quantitative estimate of drug-likeness (QED) is 0.872. The van der Waals surface area contributed by atoms with Gasteiger partial charge in [-0.15, -0.1) is 0 Å². The molecule has 1 aromatic rings. The van der Waals surface area contributed by atoms with Gasteiger partial charge in [0.15, 0.2) is 5.82 Å². The van der Waals surface area contributed by atoms with E-state index in [2.05, 4.69) is 36.1 Å². The summed E-state index contributed by atoms with van der Waals surface area (Å²) in [6.07, 6.45) is 7.12. The standard InChI is InChI=1S/C16H28N4O/c1-13(2)12-20-11-8-18-15(16(20)21)17-7-4-14-5-9-19(3)10-6-14/h8,11,13-14H,4-7,9-10,12H2,1-3H3,(H,17,18). The molecule has 0 bridgehead atoms. The van der Waals surface area contributed by atoms with Gasteiger partial charge >= 0.3 is 0 Å². The Morgan fingerprint density at radius 3 is 2.76 bits per heavy atom. The van der Waals surface area contributed by atoms with E-state index < -0.39 is 0 Å². The molecular formula is C16H28N4O. The lowest BCUT2D eigenvalue weighted by Gasteiger charge is -2.28. The first-order chi connectivity index (χ1) is 10.1. The van der Waals surface area contributed by atoms with Crippen molar-refractivity contribution < 1.29 is 0 Å². The van der Waals surface area contributed by atoms with E-state index in [1.807, 2.05) is 0 Å². The maximum Gasteiger partial charge on any atom is 0.293 e. The van der Waals surface area contributed by atoms with Crippen LogP contribution in [0.25, 0.3) is 0 Å². The second-order valence-corrected chi connectivity index (χ2v) is 6.59. The smallest absolute Gasteiger partial charge is 0.293 e. The van der Waals surface area contributed by atoms with E-state index >= 15 is 0 Å². The number of nitrogens with zero attached hydrogens (tertiary/aromatic N) is 3. The van der Waals surface area contributed by atoms with Gasteiger partial charge in [0.2, 0.25) is 0 Å². The van der Waals surface area contributed by atoms with Crippen molar-refractivity contribution in [2.75, 3.05) is 32.0 Å². The summed E-state index contributed by atoms with van der Waals surface area (Å²) in [5.74, 6) is 1.72. The summed E-state index contributed by atoms with van der Waals surface area (Å²) in [6, 6.07) is 0. The first-order valence-electron chi connectivity index (χ1n) is 8.04. The van der Waals surface area contributed by atoms with Crippen molar-refractivity contribution in [2.24, 2.45) is 11.8 Å². The van der Waals surface area contributed by atoms with Gasteiger partial charge in [-0.05, 0) is 51.2 Å². The van der Waals surface area contributed by atoms with Crippen molar-refractivity contribution in [3.05, 3.63) is 22.7 Å². The highest BCUT2D eigenvalue weighted by atomic mass is 16.1. The van der Waals surface area contributed by atoms with E-state index in [1.54, 1.807) is 17.0 Å². The van der Waals surface area contributed by atoms with Crippen molar-refractivity contribution in [3.63, 3.8) is 0 Å². The lowest BCUT2D eigenvalue weighted by atomic mass is 9.94. The molecule has 1 aliphatic rings. The van der Waals surface area contributed by atoms with Crippen molar-refractivity contribution in [1.82, 2.24) is 14.5 Å². The summed E-state index contributed by atoms with van der Waals surface area (Å²) < 4.78 is 1.75. The van der Waals surface area contributed by atoms with Crippen LogP contribution in [0.2, 0.25) is 0 Å². The van der Waals surface area contributed by atoms with E-state index in [1.165, 1.54) is 25.9 Å². The topological polar surface area (TPSA) is 50.2 Å². The Morgan fingerprint density at radius 1 is 1.38 bits per heavy atom. The summed E-state index contributed by atoms with van der Waals surface area (Å²) in [4.78, 5) is 18.8. The van der Waals surface area contributed by atoms with Crippen LogP contribution in [0.3, 0.4) is 0 Å². The maximum atomic E-state index is 12.3. The number of piperidine rings is 1. The van der Waals surface area contributed by atoms with Crippen LogP contribution in [0.5, 0.6) is 0 Å². The van der Waals surface area contributed by atoms with Crippen LogP contribution in [0.1, 0.15) is 33.1 Å². The van der Waals surface area contributed by atoms with Crippen molar-refractivity contribution in [3.8, 4) is 0 Å². The summed E-state index contributed by atoms with van der Waals surface area (Å²) >= 11 is 0. The lowest BCUT2D eigenvalue weighted by molar-refractivity contribution is 0.215. The summed E-state index contributed by atoms with van der Waals surface area (Å²) in [6.45, 7) is 8.18. The monoisotopic (exact) mass is 292 g/mol. The largest absolute Gasteiger partial charge is 0.365 e. The molecule has 5 nitrogen and oxygen atoms in total. The first-order valence-corrected chi connectivity index (χ1v) is 8.04. The summed E-state index contributed by atoms with van der Waals surface area (Å²) in [5.41, 5.74) is -0.00502. The summed E-state index contributed by atoms with van der Waals surface area (Å²) in [7, 11) is 2.18.